The third-order valence-electron chi connectivity index (χ3n) is 3.15. The zero-order valence-electron chi connectivity index (χ0n) is 11.9. The normalized spacial score (nSPS) is 11.4. The molecule has 0 bridgehead atoms. The SMILES string of the molecule is Cc1ccc(CN(C)CCNCc2sccc2C)o1. The number of nitrogens with zero attached hydrogens (tertiary/aromatic N) is 1. The first-order chi connectivity index (χ1) is 9.15. The van der Waals surface area contributed by atoms with Crippen LogP contribution in [0.1, 0.15) is 22.0 Å². The number of furan rings is 1. The van der Waals surface area contributed by atoms with Crippen molar-refractivity contribution in [1.82, 2.24) is 10.2 Å². The topological polar surface area (TPSA) is 28.4 Å². The maximum Gasteiger partial charge on any atom is 0.118 e. The molecule has 1 N–H and O–H groups in total. The highest BCUT2D eigenvalue weighted by molar-refractivity contribution is 7.10. The molecule has 2 aromatic heterocycles. The molecule has 0 fully saturated rings. The summed E-state index contributed by atoms with van der Waals surface area (Å²) in [5.74, 6) is 2.02. The fraction of sp³-hybridized carbons (Fsp3) is 0.467. The number of likely N-dealkylation sites (N-methyl/N-ethyl adjacent to an activating group) is 1. The molecular formula is C15H22N2OS. The molecule has 0 amide bonds. The fourth-order valence-electron chi connectivity index (χ4n) is 1.97. The van der Waals surface area contributed by atoms with Crippen molar-refractivity contribution in [3.8, 4) is 0 Å². The fourth-order valence-corrected chi connectivity index (χ4v) is 2.85. The Balaban J connectivity index is 1.64. The van der Waals surface area contributed by atoms with Crippen LogP contribution in [0, 0.1) is 13.8 Å². The third kappa shape index (κ3) is 4.49. The van der Waals surface area contributed by atoms with E-state index in [1.54, 1.807) is 0 Å². The summed E-state index contributed by atoms with van der Waals surface area (Å²) in [5, 5.41) is 5.64. The number of hydrogen-bond donors (Lipinski definition) is 1. The van der Waals surface area contributed by atoms with Crippen molar-refractivity contribution >= 4 is 11.3 Å². The Bertz CT molecular complexity index is 504. The van der Waals surface area contributed by atoms with Gasteiger partial charge in [-0.25, -0.2) is 0 Å². The summed E-state index contributed by atoms with van der Waals surface area (Å²) >= 11 is 1.82. The van der Waals surface area contributed by atoms with Gasteiger partial charge in [-0.3, -0.25) is 4.90 Å². The van der Waals surface area contributed by atoms with Crippen LogP contribution in [0.15, 0.2) is 28.0 Å². The molecule has 2 heterocycles. The van der Waals surface area contributed by atoms with Gasteiger partial charge in [-0.1, -0.05) is 0 Å². The number of nitrogens with one attached hydrogen (secondary N) is 1. The van der Waals surface area contributed by atoms with E-state index in [0.717, 1.165) is 37.7 Å². The summed E-state index contributed by atoms with van der Waals surface area (Å²) in [7, 11) is 2.12. The van der Waals surface area contributed by atoms with Crippen LogP contribution in [-0.4, -0.2) is 25.0 Å². The highest BCUT2D eigenvalue weighted by Crippen LogP contribution is 2.14. The van der Waals surface area contributed by atoms with E-state index in [1.807, 2.05) is 30.4 Å². The van der Waals surface area contributed by atoms with E-state index >= 15 is 0 Å². The zero-order valence-corrected chi connectivity index (χ0v) is 12.7. The lowest BCUT2D eigenvalue weighted by Crippen LogP contribution is -2.28. The highest BCUT2D eigenvalue weighted by atomic mass is 32.1. The number of rotatable bonds is 7. The quantitative estimate of drug-likeness (QED) is 0.789. The summed E-state index contributed by atoms with van der Waals surface area (Å²) in [6.07, 6.45) is 0. The second-order valence-electron chi connectivity index (χ2n) is 4.95. The van der Waals surface area contributed by atoms with Gasteiger partial charge in [-0.05, 0) is 50.0 Å². The van der Waals surface area contributed by atoms with Crippen molar-refractivity contribution in [1.29, 1.82) is 0 Å². The zero-order chi connectivity index (χ0) is 13.7. The summed E-state index contributed by atoms with van der Waals surface area (Å²) < 4.78 is 5.57. The van der Waals surface area contributed by atoms with Crippen molar-refractivity contribution in [2.45, 2.75) is 26.9 Å². The molecule has 19 heavy (non-hydrogen) atoms. The van der Waals surface area contributed by atoms with Crippen molar-refractivity contribution in [3.05, 3.63) is 45.5 Å². The number of thiophene rings is 1. The summed E-state index contributed by atoms with van der Waals surface area (Å²) in [6.45, 7) is 8.00. The van der Waals surface area contributed by atoms with Gasteiger partial charge in [0.1, 0.15) is 11.5 Å². The molecule has 0 saturated heterocycles. The van der Waals surface area contributed by atoms with E-state index in [2.05, 4.69) is 35.6 Å². The van der Waals surface area contributed by atoms with Gasteiger partial charge >= 0.3 is 0 Å². The average molecular weight is 278 g/mol. The van der Waals surface area contributed by atoms with Crippen molar-refractivity contribution in [2.24, 2.45) is 0 Å². The standard InChI is InChI=1S/C15H22N2OS/c1-12-6-9-19-15(12)10-16-7-8-17(3)11-14-5-4-13(2)18-14/h4-6,9,16H,7-8,10-11H2,1-3H3. The van der Waals surface area contributed by atoms with Gasteiger partial charge in [0, 0.05) is 24.5 Å². The van der Waals surface area contributed by atoms with Crippen LogP contribution in [0.5, 0.6) is 0 Å². The summed E-state index contributed by atoms with van der Waals surface area (Å²) in [5.41, 5.74) is 1.39. The Morgan fingerprint density at radius 3 is 2.74 bits per heavy atom. The summed E-state index contributed by atoms with van der Waals surface area (Å²) in [6, 6.07) is 6.24. The number of aryl methyl sites for hydroxylation is 2. The maximum absolute atomic E-state index is 5.57. The Morgan fingerprint density at radius 2 is 2.11 bits per heavy atom. The van der Waals surface area contributed by atoms with Gasteiger partial charge < -0.3 is 9.73 Å². The Morgan fingerprint density at radius 1 is 1.26 bits per heavy atom. The lowest BCUT2D eigenvalue weighted by molar-refractivity contribution is 0.291. The largest absolute Gasteiger partial charge is 0.465 e. The molecule has 0 aromatic carbocycles. The predicted molar refractivity (Wildman–Crippen MR) is 80.5 cm³/mol. The molecule has 0 unspecified atom stereocenters. The first-order valence-corrected chi connectivity index (χ1v) is 7.50. The van der Waals surface area contributed by atoms with Crippen LogP contribution in [0.25, 0.3) is 0 Å². The molecule has 0 atom stereocenters. The molecular weight excluding hydrogens is 256 g/mol. The Labute approximate surface area is 119 Å². The van der Waals surface area contributed by atoms with E-state index < -0.39 is 0 Å². The molecule has 0 radical (unpaired) electrons. The minimum atomic E-state index is 0.869. The number of hydrogen-bond acceptors (Lipinski definition) is 4. The third-order valence-corrected chi connectivity index (χ3v) is 4.17. The van der Waals surface area contributed by atoms with Gasteiger partial charge in [0.05, 0.1) is 6.54 Å². The Hall–Kier alpha value is -1.10. The monoisotopic (exact) mass is 278 g/mol. The summed E-state index contributed by atoms with van der Waals surface area (Å²) in [4.78, 5) is 3.70. The average Bonchev–Trinajstić information content (AvgIpc) is 2.94. The molecule has 0 spiro atoms. The van der Waals surface area contributed by atoms with E-state index in [4.69, 9.17) is 4.42 Å². The molecule has 104 valence electrons. The maximum atomic E-state index is 5.57. The lowest BCUT2D eigenvalue weighted by Gasteiger charge is -2.15. The van der Waals surface area contributed by atoms with E-state index in [9.17, 15) is 0 Å². The van der Waals surface area contributed by atoms with Crippen LogP contribution in [0.3, 0.4) is 0 Å². The second kappa shape index (κ2) is 6.89. The molecule has 0 aliphatic heterocycles. The lowest BCUT2D eigenvalue weighted by atomic mass is 10.3. The van der Waals surface area contributed by atoms with E-state index in [0.29, 0.717) is 0 Å². The van der Waals surface area contributed by atoms with Gasteiger partial charge in [0.15, 0.2) is 0 Å². The van der Waals surface area contributed by atoms with Crippen molar-refractivity contribution < 1.29 is 4.42 Å². The van der Waals surface area contributed by atoms with Crippen LogP contribution >= 0.6 is 11.3 Å². The van der Waals surface area contributed by atoms with Gasteiger partial charge in [-0.15, -0.1) is 11.3 Å². The van der Waals surface area contributed by atoms with Gasteiger partial charge in [-0.2, -0.15) is 0 Å². The van der Waals surface area contributed by atoms with Crippen molar-refractivity contribution in [2.75, 3.05) is 20.1 Å². The minimum Gasteiger partial charge on any atom is -0.465 e. The molecule has 4 heteroatoms. The van der Waals surface area contributed by atoms with Crippen LogP contribution in [0.4, 0.5) is 0 Å². The molecule has 2 aromatic rings. The molecule has 2 rings (SSSR count). The van der Waals surface area contributed by atoms with Crippen molar-refractivity contribution in [3.63, 3.8) is 0 Å². The van der Waals surface area contributed by atoms with E-state index in [-0.39, 0.29) is 0 Å². The van der Waals surface area contributed by atoms with Crippen LogP contribution in [-0.2, 0) is 13.1 Å². The Kier molecular flexibility index (Phi) is 5.19. The van der Waals surface area contributed by atoms with Gasteiger partial charge in [0.25, 0.3) is 0 Å². The first kappa shape index (κ1) is 14.3. The highest BCUT2D eigenvalue weighted by Gasteiger charge is 2.04. The van der Waals surface area contributed by atoms with E-state index in [1.165, 1.54) is 10.4 Å². The molecule has 0 saturated carbocycles. The van der Waals surface area contributed by atoms with Crippen LogP contribution < -0.4 is 5.32 Å². The van der Waals surface area contributed by atoms with Gasteiger partial charge in [0.2, 0.25) is 0 Å². The second-order valence-corrected chi connectivity index (χ2v) is 5.95. The first-order valence-electron chi connectivity index (χ1n) is 6.62. The molecule has 0 aliphatic carbocycles. The molecule has 3 nitrogen and oxygen atoms in total. The smallest absolute Gasteiger partial charge is 0.118 e. The molecule has 0 aliphatic rings. The minimum absolute atomic E-state index is 0.869. The predicted octanol–water partition coefficient (Wildman–Crippen LogP) is 3.18. The van der Waals surface area contributed by atoms with Crippen LogP contribution in [0.2, 0.25) is 0 Å².